The average Bonchev–Trinajstić information content (AvgIpc) is 2.35. The summed E-state index contributed by atoms with van der Waals surface area (Å²) in [6.45, 7) is 11.2. The first-order valence-electron chi connectivity index (χ1n) is 6.79. The van der Waals surface area contributed by atoms with Gasteiger partial charge in [0.2, 0.25) is 0 Å². The molecule has 94 valence electrons. The van der Waals surface area contributed by atoms with Gasteiger partial charge in [-0.05, 0) is 12.0 Å². The van der Waals surface area contributed by atoms with Crippen LogP contribution in [0.2, 0.25) is 18.6 Å². The lowest BCUT2D eigenvalue weighted by Gasteiger charge is -2.32. The Labute approximate surface area is 108 Å². The van der Waals surface area contributed by atoms with Crippen LogP contribution in [0.3, 0.4) is 0 Å². The molecule has 0 saturated carbocycles. The molecule has 1 aromatic rings. The predicted molar refractivity (Wildman–Crippen MR) is 81.6 cm³/mol. The summed E-state index contributed by atoms with van der Waals surface area (Å²) in [5.41, 5.74) is 0.836. The Balaban J connectivity index is 2.86. The fourth-order valence-corrected chi connectivity index (χ4v) is 5.73. The van der Waals surface area contributed by atoms with Crippen LogP contribution in [-0.2, 0) is 0 Å². The molecule has 0 aliphatic carbocycles. The summed E-state index contributed by atoms with van der Waals surface area (Å²) in [4.78, 5) is 0. The van der Waals surface area contributed by atoms with Crippen molar-refractivity contribution < 1.29 is 0 Å². The monoisotopic (exact) mass is 246 g/mol. The molecule has 0 heterocycles. The van der Waals surface area contributed by atoms with E-state index in [1.54, 1.807) is 5.19 Å². The van der Waals surface area contributed by atoms with Gasteiger partial charge in [-0.3, -0.25) is 0 Å². The molecule has 1 atom stereocenters. The maximum atomic E-state index is 3.94. The second kappa shape index (κ2) is 6.80. The van der Waals surface area contributed by atoms with Crippen molar-refractivity contribution in [2.75, 3.05) is 0 Å². The highest BCUT2D eigenvalue weighted by molar-refractivity contribution is 6.91. The SMILES string of the molecule is C=CCC(CCCC)[Si](C)(C)c1ccccc1. The molecule has 0 fully saturated rings. The van der Waals surface area contributed by atoms with Crippen LogP contribution in [0, 0.1) is 0 Å². The maximum Gasteiger partial charge on any atom is 0.0839 e. The quantitative estimate of drug-likeness (QED) is 0.481. The van der Waals surface area contributed by atoms with Gasteiger partial charge in [0, 0.05) is 0 Å². The van der Waals surface area contributed by atoms with Gasteiger partial charge in [0.15, 0.2) is 0 Å². The van der Waals surface area contributed by atoms with E-state index in [0.29, 0.717) is 0 Å². The summed E-state index contributed by atoms with van der Waals surface area (Å²) in [5, 5.41) is 1.59. The highest BCUT2D eigenvalue weighted by Gasteiger charge is 2.31. The van der Waals surface area contributed by atoms with E-state index < -0.39 is 8.07 Å². The second-order valence-corrected chi connectivity index (χ2v) is 10.3. The Morgan fingerprint density at radius 3 is 2.41 bits per heavy atom. The van der Waals surface area contributed by atoms with E-state index in [1.807, 2.05) is 0 Å². The number of rotatable bonds is 7. The zero-order chi connectivity index (χ0) is 12.7. The van der Waals surface area contributed by atoms with Gasteiger partial charge < -0.3 is 0 Å². The van der Waals surface area contributed by atoms with Crippen LogP contribution in [0.5, 0.6) is 0 Å². The molecule has 0 aromatic heterocycles. The van der Waals surface area contributed by atoms with E-state index in [0.717, 1.165) is 5.54 Å². The minimum atomic E-state index is -1.34. The van der Waals surface area contributed by atoms with Crippen molar-refractivity contribution in [3.63, 3.8) is 0 Å². The van der Waals surface area contributed by atoms with E-state index in [-0.39, 0.29) is 0 Å². The molecular formula is C16H26Si. The first-order valence-corrected chi connectivity index (χ1v) is 9.87. The fourth-order valence-electron chi connectivity index (χ4n) is 2.53. The average molecular weight is 246 g/mol. The summed E-state index contributed by atoms with van der Waals surface area (Å²) in [7, 11) is -1.34. The minimum Gasteiger partial charge on any atom is -0.103 e. The van der Waals surface area contributed by atoms with Crippen molar-refractivity contribution in [3.05, 3.63) is 43.0 Å². The van der Waals surface area contributed by atoms with Gasteiger partial charge in [-0.15, -0.1) is 6.58 Å². The van der Waals surface area contributed by atoms with Gasteiger partial charge in [0.1, 0.15) is 0 Å². The van der Waals surface area contributed by atoms with Crippen LogP contribution in [0.4, 0.5) is 0 Å². The molecule has 0 aliphatic rings. The van der Waals surface area contributed by atoms with Crippen molar-refractivity contribution >= 4 is 13.3 Å². The maximum absolute atomic E-state index is 3.94. The summed E-state index contributed by atoms with van der Waals surface area (Å²) in [6, 6.07) is 11.1. The topological polar surface area (TPSA) is 0 Å². The van der Waals surface area contributed by atoms with Crippen molar-refractivity contribution in [2.45, 2.75) is 51.2 Å². The number of allylic oxidation sites excluding steroid dienone is 1. The molecule has 1 heteroatoms. The lowest BCUT2D eigenvalue weighted by atomic mass is 10.1. The van der Waals surface area contributed by atoms with Gasteiger partial charge in [-0.1, -0.05) is 80.9 Å². The van der Waals surface area contributed by atoms with Crippen LogP contribution in [-0.4, -0.2) is 8.07 Å². The van der Waals surface area contributed by atoms with E-state index in [4.69, 9.17) is 0 Å². The molecule has 0 radical (unpaired) electrons. The molecule has 1 unspecified atom stereocenters. The third-order valence-electron chi connectivity index (χ3n) is 3.90. The number of benzene rings is 1. The molecule has 0 bridgehead atoms. The summed E-state index contributed by atoms with van der Waals surface area (Å²) in [6.07, 6.45) is 7.29. The van der Waals surface area contributed by atoms with Crippen molar-refractivity contribution in [1.29, 1.82) is 0 Å². The van der Waals surface area contributed by atoms with Crippen LogP contribution in [0.25, 0.3) is 0 Å². The highest BCUT2D eigenvalue weighted by Crippen LogP contribution is 2.31. The van der Waals surface area contributed by atoms with Gasteiger partial charge in [-0.2, -0.15) is 0 Å². The van der Waals surface area contributed by atoms with Gasteiger partial charge in [0.25, 0.3) is 0 Å². The first-order chi connectivity index (χ1) is 8.12. The van der Waals surface area contributed by atoms with E-state index in [1.165, 1.54) is 25.7 Å². The minimum absolute atomic E-state index is 0.836. The van der Waals surface area contributed by atoms with Crippen LogP contribution in [0.15, 0.2) is 43.0 Å². The van der Waals surface area contributed by atoms with Crippen LogP contribution in [0.1, 0.15) is 32.6 Å². The molecule has 0 aliphatic heterocycles. The fraction of sp³-hybridized carbons (Fsp3) is 0.500. The molecule has 0 amide bonds. The molecule has 0 spiro atoms. The standard InChI is InChI=1S/C16H26Si/c1-5-7-12-15(11-6-2)17(3,4)16-13-9-8-10-14-16/h6,8-10,13-15H,2,5,7,11-12H2,1,3-4H3. The Hall–Kier alpha value is -0.823. The molecule has 0 N–H and O–H groups in total. The third kappa shape index (κ3) is 3.85. The van der Waals surface area contributed by atoms with E-state index in [9.17, 15) is 0 Å². The Morgan fingerprint density at radius 2 is 1.88 bits per heavy atom. The highest BCUT2D eigenvalue weighted by atomic mass is 28.3. The van der Waals surface area contributed by atoms with Crippen molar-refractivity contribution in [3.8, 4) is 0 Å². The predicted octanol–water partition coefficient (Wildman–Crippen LogP) is 4.74. The zero-order valence-corrected chi connectivity index (χ0v) is 12.6. The van der Waals surface area contributed by atoms with Crippen LogP contribution < -0.4 is 5.19 Å². The zero-order valence-electron chi connectivity index (χ0n) is 11.6. The normalized spacial score (nSPS) is 13.4. The number of hydrogen-bond donors (Lipinski definition) is 0. The van der Waals surface area contributed by atoms with Gasteiger partial charge in [-0.25, -0.2) is 0 Å². The Kier molecular flexibility index (Phi) is 5.70. The van der Waals surface area contributed by atoms with Crippen molar-refractivity contribution in [2.24, 2.45) is 0 Å². The summed E-state index contributed by atoms with van der Waals surface area (Å²) in [5.74, 6) is 0. The molecule has 0 nitrogen and oxygen atoms in total. The van der Waals surface area contributed by atoms with Crippen LogP contribution >= 0.6 is 0 Å². The number of hydrogen-bond acceptors (Lipinski definition) is 0. The largest absolute Gasteiger partial charge is 0.103 e. The molecule has 1 aromatic carbocycles. The van der Waals surface area contributed by atoms with E-state index >= 15 is 0 Å². The van der Waals surface area contributed by atoms with Gasteiger partial charge >= 0.3 is 0 Å². The van der Waals surface area contributed by atoms with Gasteiger partial charge in [0.05, 0.1) is 8.07 Å². The van der Waals surface area contributed by atoms with E-state index in [2.05, 4.69) is 63.0 Å². The third-order valence-corrected chi connectivity index (χ3v) is 8.28. The Bertz CT molecular complexity index is 327. The summed E-state index contributed by atoms with van der Waals surface area (Å²) >= 11 is 0. The molecular weight excluding hydrogens is 220 g/mol. The lowest BCUT2D eigenvalue weighted by molar-refractivity contribution is 0.659. The lowest BCUT2D eigenvalue weighted by Crippen LogP contribution is -2.45. The second-order valence-electron chi connectivity index (χ2n) is 5.45. The first kappa shape index (κ1) is 14.2. The smallest absolute Gasteiger partial charge is 0.0839 e. The molecule has 0 saturated heterocycles. The Morgan fingerprint density at radius 1 is 1.24 bits per heavy atom. The molecule has 1 rings (SSSR count). The number of unbranched alkanes of at least 4 members (excludes halogenated alkanes) is 1. The summed E-state index contributed by atoms with van der Waals surface area (Å²) < 4.78 is 0. The molecule has 17 heavy (non-hydrogen) atoms. The van der Waals surface area contributed by atoms with Crippen molar-refractivity contribution in [1.82, 2.24) is 0 Å².